The Morgan fingerprint density at radius 1 is 0.857 bits per heavy atom. The number of hydrazine groups is 1. The molecule has 0 spiro atoms. The zero-order valence-electron chi connectivity index (χ0n) is 32.8. The van der Waals surface area contributed by atoms with Crippen molar-refractivity contribution >= 4 is 29.9 Å². The van der Waals surface area contributed by atoms with E-state index in [9.17, 15) is 24.3 Å². The molecule has 1 saturated heterocycles. The molecule has 0 saturated carbocycles. The van der Waals surface area contributed by atoms with E-state index in [0.717, 1.165) is 45.7 Å². The van der Waals surface area contributed by atoms with Crippen LogP contribution in [0.25, 0.3) is 17.2 Å². The lowest BCUT2D eigenvalue weighted by molar-refractivity contribution is -0.203. The van der Waals surface area contributed by atoms with E-state index in [1.807, 2.05) is 119 Å². The van der Waals surface area contributed by atoms with Gasteiger partial charge in [-0.2, -0.15) is 0 Å². The summed E-state index contributed by atoms with van der Waals surface area (Å²) in [7, 11) is 0. The van der Waals surface area contributed by atoms with E-state index in [2.05, 4.69) is 16.2 Å². The van der Waals surface area contributed by atoms with Gasteiger partial charge in [0.15, 0.2) is 6.29 Å². The molecule has 300 valence electrons. The summed E-state index contributed by atoms with van der Waals surface area (Å²) in [5.74, 6) is -3.79. The van der Waals surface area contributed by atoms with Crippen molar-refractivity contribution < 1.29 is 38.6 Å². The molecule has 5 rings (SSSR count). The first-order chi connectivity index (χ1) is 27.0. The van der Waals surface area contributed by atoms with Gasteiger partial charge < -0.3 is 19.9 Å². The molecule has 12 nitrogen and oxygen atoms in total. The summed E-state index contributed by atoms with van der Waals surface area (Å²) < 4.78 is 11.3. The number of benzene rings is 3. The molecule has 0 aromatic heterocycles. The third-order valence-electron chi connectivity index (χ3n) is 9.99. The van der Waals surface area contributed by atoms with Gasteiger partial charge in [-0.05, 0) is 65.3 Å². The van der Waals surface area contributed by atoms with Gasteiger partial charge in [-0.3, -0.25) is 24.8 Å². The minimum atomic E-state index is -1.41. The average molecular weight is 769 g/mol. The van der Waals surface area contributed by atoms with Gasteiger partial charge in [0.1, 0.15) is 12.6 Å². The van der Waals surface area contributed by atoms with Crippen molar-refractivity contribution in [2.75, 3.05) is 26.4 Å². The third kappa shape index (κ3) is 11.5. The number of aliphatic hydroxyl groups is 1. The van der Waals surface area contributed by atoms with Gasteiger partial charge in [0.05, 0.1) is 18.4 Å². The minimum absolute atomic E-state index is 0.0106. The fourth-order valence-corrected chi connectivity index (χ4v) is 7.26. The maximum absolute atomic E-state index is 14.3. The molecule has 1 aliphatic carbocycles. The lowest BCUT2D eigenvalue weighted by Gasteiger charge is -2.32. The Morgan fingerprint density at radius 3 is 2.12 bits per heavy atom. The summed E-state index contributed by atoms with van der Waals surface area (Å²) in [4.78, 5) is 60.9. The largest absolute Gasteiger partial charge is 0.449 e. The molecule has 56 heavy (non-hydrogen) atoms. The zero-order valence-corrected chi connectivity index (χ0v) is 32.8. The maximum atomic E-state index is 14.3. The summed E-state index contributed by atoms with van der Waals surface area (Å²) in [5.41, 5.74) is 10.5. The predicted octanol–water partition coefficient (Wildman–Crippen LogP) is 6.36. The van der Waals surface area contributed by atoms with Gasteiger partial charge >= 0.3 is 6.09 Å². The van der Waals surface area contributed by atoms with Crippen molar-refractivity contribution in [3.8, 4) is 11.1 Å². The number of carbonyl (C=O) groups excluding carboxylic acids is 4. The molecular weight excluding hydrogens is 713 g/mol. The predicted molar refractivity (Wildman–Crippen MR) is 213 cm³/mol. The Balaban J connectivity index is 1.29. The summed E-state index contributed by atoms with van der Waals surface area (Å²) >= 11 is 0. The number of fused-ring (bicyclic) bond motifs is 3. The zero-order chi connectivity index (χ0) is 40.0. The quantitative estimate of drug-likeness (QED) is 0.116. The average Bonchev–Trinajstić information content (AvgIpc) is 3.52. The van der Waals surface area contributed by atoms with E-state index in [0.29, 0.717) is 19.4 Å². The number of amides is 4. The highest BCUT2D eigenvalue weighted by Crippen LogP contribution is 2.44. The van der Waals surface area contributed by atoms with Crippen molar-refractivity contribution in [3.63, 3.8) is 0 Å². The first-order valence-electron chi connectivity index (χ1n) is 19.7. The van der Waals surface area contributed by atoms with Crippen LogP contribution in [0.5, 0.6) is 0 Å². The standard InChI is InChI=1S/C44H56N4O8/c1-29(2)25-37(36(22-14-17-31-15-6-5-7-16-31)42(51)47-56-40-23-12-13-24-54-40)41(50)46-48(26-30(3)4)43(52)39(27-49)45-44(53)55-28-38-34-20-10-8-18-32(34)33-19-9-11-21-35(33)38/h5-11,14-21,29-30,36-40,49H,12-13,22-28H2,1-4H3,(H,45,53)(H,46,50)(H,47,51)/t36-,37+,39+,40?/m0/s1. The van der Waals surface area contributed by atoms with E-state index in [1.54, 1.807) is 0 Å². The number of aliphatic hydroxyl groups excluding tert-OH is 1. The number of carbonyl (C=O) groups is 4. The lowest BCUT2D eigenvalue weighted by atomic mass is 9.82. The van der Waals surface area contributed by atoms with Gasteiger partial charge in [0.2, 0.25) is 11.8 Å². The van der Waals surface area contributed by atoms with Gasteiger partial charge in [0, 0.05) is 25.5 Å². The summed E-state index contributed by atoms with van der Waals surface area (Å²) in [6.07, 6.45) is 5.29. The van der Waals surface area contributed by atoms with Gasteiger partial charge in [0.25, 0.3) is 5.91 Å². The van der Waals surface area contributed by atoms with Crippen LogP contribution in [0.3, 0.4) is 0 Å². The first kappa shape index (κ1) is 42.1. The molecule has 12 heteroatoms. The van der Waals surface area contributed by atoms with Crippen molar-refractivity contribution in [1.29, 1.82) is 0 Å². The Bertz CT molecular complexity index is 1750. The van der Waals surface area contributed by atoms with Crippen LogP contribution in [-0.4, -0.2) is 72.6 Å². The number of nitrogens with one attached hydrogen (secondary N) is 3. The highest BCUT2D eigenvalue weighted by Gasteiger charge is 2.37. The van der Waals surface area contributed by atoms with E-state index in [1.165, 1.54) is 0 Å². The Hall–Kier alpha value is -5.04. The lowest BCUT2D eigenvalue weighted by Crippen LogP contribution is -2.58. The number of nitrogens with zero attached hydrogens (tertiary/aromatic N) is 1. The van der Waals surface area contributed by atoms with Crippen LogP contribution in [0.1, 0.15) is 82.4 Å². The Morgan fingerprint density at radius 2 is 1.52 bits per heavy atom. The fourth-order valence-electron chi connectivity index (χ4n) is 7.26. The SMILES string of the molecule is CC(C)C[C@@H](C(=O)NN(CC(C)C)C(=O)[C@@H](CO)NC(=O)OCC1c2ccccc2-c2ccccc21)[C@H](CC=Cc1ccccc1)C(=O)NOC1CCCCO1. The number of hydrogen-bond donors (Lipinski definition) is 4. The second kappa shape index (κ2) is 20.8. The van der Waals surface area contributed by atoms with Gasteiger partial charge in [-0.15, -0.1) is 0 Å². The molecule has 3 aromatic carbocycles. The number of hydrogen-bond acceptors (Lipinski definition) is 8. The Labute approximate surface area is 329 Å². The highest BCUT2D eigenvalue weighted by molar-refractivity contribution is 5.91. The molecule has 0 radical (unpaired) electrons. The van der Waals surface area contributed by atoms with Gasteiger partial charge in [-0.1, -0.05) is 119 Å². The molecule has 4 atom stereocenters. The number of rotatable bonds is 17. The van der Waals surface area contributed by atoms with Crippen molar-refractivity contribution in [3.05, 3.63) is 102 Å². The smallest absolute Gasteiger partial charge is 0.407 e. The van der Waals surface area contributed by atoms with E-state index in [-0.39, 0.29) is 37.3 Å². The first-order valence-corrected chi connectivity index (χ1v) is 19.7. The molecule has 1 unspecified atom stereocenters. The number of alkyl carbamates (subject to hydrolysis) is 1. The Kier molecular flexibility index (Phi) is 15.6. The van der Waals surface area contributed by atoms with E-state index in [4.69, 9.17) is 14.3 Å². The number of ether oxygens (including phenoxy) is 2. The van der Waals surface area contributed by atoms with Crippen LogP contribution in [0.2, 0.25) is 0 Å². The topological polar surface area (TPSA) is 156 Å². The van der Waals surface area contributed by atoms with Crippen molar-refractivity contribution in [2.24, 2.45) is 23.7 Å². The number of allylic oxidation sites excluding steroid dienone is 1. The molecule has 0 bridgehead atoms. The van der Waals surface area contributed by atoms with Crippen LogP contribution in [0, 0.1) is 23.7 Å². The molecule has 4 N–H and O–H groups in total. The normalized spacial score (nSPS) is 16.8. The number of hydroxylamine groups is 1. The molecule has 4 amide bonds. The van der Waals surface area contributed by atoms with Crippen LogP contribution in [0.15, 0.2) is 84.9 Å². The van der Waals surface area contributed by atoms with Crippen LogP contribution in [-0.2, 0) is 28.7 Å². The van der Waals surface area contributed by atoms with Gasteiger partial charge in [-0.25, -0.2) is 15.1 Å². The second-order valence-corrected chi connectivity index (χ2v) is 15.3. The summed E-state index contributed by atoms with van der Waals surface area (Å²) in [6, 6.07) is 24.1. The summed E-state index contributed by atoms with van der Waals surface area (Å²) in [6.45, 7) is 7.56. The highest BCUT2D eigenvalue weighted by atomic mass is 16.8. The van der Waals surface area contributed by atoms with Crippen LogP contribution in [0.4, 0.5) is 4.79 Å². The van der Waals surface area contributed by atoms with Crippen molar-refractivity contribution in [2.45, 2.75) is 78.0 Å². The van der Waals surface area contributed by atoms with E-state index >= 15 is 0 Å². The second-order valence-electron chi connectivity index (χ2n) is 15.3. The molecular formula is C44H56N4O8. The molecule has 3 aromatic rings. The molecule has 1 fully saturated rings. The summed E-state index contributed by atoms with van der Waals surface area (Å²) in [5, 5.41) is 14.0. The molecule has 1 heterocycles. The third-order valence-corrected chi connectivity index (χ3v) is 9.99. The maximum Gasteiger partial charge on any atom is 0.407 e. The minimum Gasteiger partial charge on any atom is -0.449 e. The van der Waals surface area contributed by atoms with Crippen molar-refractivity contribution in [1.82, 2.24) is 21.2 Å². The van der Waals surface area contributed by atoms with Crippen LogP contribution < -0.4 is 16.2 Å². The van der Waals surface area contributed by atoms with Crippen LogP contribution >= 0.6 is 0 Å². The molecule has 2 aliphatic rings. The molecule has 1 aliphatic heterocycles. The van der Waals surface area contributed by atoms with E-state index < -0.39 is 54.6 Å². The fraction of sp³-hybridized carbons (Fsp3) is 0.455. The monoisotopic (exact) mass is 768 g/mol.